The average molecular weight is 374 g/mol. The molecule has 0 aliphatic rings. The van der Waals surface area contributed by atoms with Crippen molar-refractivity contribution in [3.05, 3.63) is 54.1 Å². The molecule has 2 rings (SSSR count). The van der Waals surface area contributed by atoms with Gasteiger partial charge in [0.05, 0.1) is 13.7 Å². The summed E-state index contributed by atoms with van der Waals surface area (Å²) in [5, 5.41) is 17.0. The standard InChI is InChI=1S/C20H27N3O2S/c1-4-21-20(22-13-15(2)26-18-8-6-5-7-9-18)23-14-16-12-17(25-3)10-11-19(16)24/h5-12,15,24H,4,13-14H2,1-3H3,(H2,21,22,23). The summed E-state index contributed by atoms with van der Waals surface area (Å²) in [6, 6.07) is 15.5. The molecule has 2 aromatic carbocycles. The van der Waals surface area contributed by atoms with E-state index >= 15 is 0 Å². The summed E-state index contributed by atoms with van der Waals surface area (Å²) in [4.78, 5) is 5.82. The van der Waals surface area contributed by atoms with Gasteiger partial charge >= 0.3 is 0 Å². The number of guanidine groups is 1. The van der Waals surface area contributed by atoms with Crippen molar-refractivity contribution in [1.82, 2.24) is 10.6 Å². The largest absolute Gasteiger partial charge is 0.508 e. The second kappa shape index (κ2) is 10.6. The predicted molar refractivity (Wildman–Crippen MR) is 109 cm³/mol. The molecule has 0 aromatic heterocycles. The SMILES string of the molecule is CCNC(=NCc1cc(OC)ccc1O)NCC(C)Sc1ccccc1. The average Bonchev–Trinajstić information content (AvgIpc) is 2.66. The highest BCUT2D eigenvalue weighted by atomic mass is 32.2. The van der Waals surface area contributed by atoms with Gasteiger partial charge in [0.15, 0.2) is 5.96 Å². The Morgan fingerprint density at radius 2 is 1.96 bits per heavy atom. The van der Waals surface area contributed by atoms with E-state index in [1.165, 1.54) is 4.90 Å². The molecule has 5 nitrogen and oxygen atoms in total. The minimum absolute atomic E-state index is 0.221. The number of nitrogens with one attached hydrogen (secondary N) is 2. The van der Waals surface area contributed by atoms with E-state index in [9.17, 15) is 5.11 Å². The fourth-order valence-electron chi connectivity index (χ4n) is 2.33. The number of ether oxygens (including phenoxy) is 1. The summed E-state index contributed by atoms with van der Waals surface area (Å²) in [5.74, 6) is 1.66. The Kier molecular flexibility index (Phi) is 8.15. The summed E-state index contributed by atoms with van der Waals surface area (Å²) < 4.78 is 5.21. The van der Waals surface area contributed by atoms with Gasteiger partial charge in [-0.3, -0.25) is 0 Å². The van der Waals surface area contributed by atoms with Crippen LogP contribution in [0.3, 0.4) is 0 Å². The van der Waals surface area contributed by atoms with Gasteiger partial charge in [0.1, 0.15) is 11.5 Å². The molecule has 0 spiro atoms. The number of rotatable bonds is 8. The fourth-order valence-corrected chi connectivity index (χ4v) is 3.28. The van der Waals surface area contributed by atoms with Crippen LogP contribution in [0.2, 0.25) is 0 Å². The van der Waals surface area contributed by atoms with Crippen LogP contribution in [0, 0.1) is 0 Å². The van der Waals surface area contributed by atoms with Gasteiger partial charge in [-0.05, 0) is 37.3 Å². The van der Waals surface area contributed by atoms with Gasteiger partial charge < -0.3 is 20.5 Å². The molecule has 0 bridgehead atoms. The first-order chi connectivity index (χ1) is 12.6. The third kappa shape index (κ3) is 6.52. The van der Waals surface area contributed by atoms with E-state index in [1.54, 1.807) is 25.3 Å². The first kappa shape index (κ1) is 20.0. The van der Waals surface area contributed by atoms with Crippen LogP contribution in [0.1, 0.15) is 19.4 Å². The molecule has 1 unspecified atom stereocenters. The lowest BCUT2D eigenvalue weighted by molar-refractivity contribution is 0.411. The topological polar surface area (TPSA) is 65.9 Å². The van der Waals surface area contributed by atoms with Crippen molar-refractivity contribution in [2.24, 2.45) is 4.99 Å². The van der Waals surface area contributed by atoms with Crippen molar-refractivity contribution >= 4 is 17.7 Å². The van der Waals surface area contributed by atoms with Crippen LogP contribution in [0.15, 0.2) is 58.4 Å². The van der Waals surface area contributed by atoms with Crippen molar-refractivity contribution in [2.75, 3.05) is 20.2 Å². The summed E-state index contributed by atoms with van der Waals surface area (Å²) >= 11 is 1.82. The molecule has 0 heterocycles. The van der Waals surface area contributed by atoms with Crippen LogP contribution in [0.4, 0.5) is 0 Å². The van der Waals surface area contributed by atoms with Crippen LogP contribution in [-0.2, 0) is 6.54 Å². The zero-order valence-electron chi connectivity index (χ0n) is 15.5. The summed E-state index contributed by atoms with van der Waals surface area (Å²) in [6.45, 7) is 6.15. The van der Waals surface area contributed by atoms with E-state index in [4.69, 9.17) is 4.74 Å². The zero-order chi connectivity index (χ0) is 18.8. The minimum Gasteiger partial charge on any atom is -0.508 e. The van der Waals surface area contributed by atoms with Gasteiger partial charge in [-0.1, -0.05) is 25.1 Å². The molecule has 26 heavy (non-hydrogen) atoms. The van der Waals surface area contributed by atoms with E-state index in [0.29, 0.717) is 17.5 Å². The maximum Gasteiger partial charge on any atom is 0.191 e. The van der Waals surface area contributed by atoms with Crippen LogP contribution in [0.5, 0.6) is 11.5 Å². The molecule has 0 aliphatic heterocycles. The Bertz CT molecular complexity index is 707. The third-order valence-corrected chi connectivity index (χ3v) is 4.79. The molecule has 2 aromatic rings. The van der Waals surface area contributed by atoms with Gasteiger partial charge in [-0.15, -0.1) is 11.8 Å². The number of hydrogen-bond donors (Lipinski definition) is 3. The number of benzene rings is 2. The second-order valence-electron chi connectivity index (χ2n) is 5.81. The minimum atomic E-state index is 0.221. The number of hydrogen-bond acceptors (Lipinski definition) is 4. The third-order valence-electron chi connectivity index (χ3n) is 3.68. The second-order valence-corrected chi connectivity index (χ2v) is 7.32. The van der Waals surface area contributed by atoms with Crippen molar-refractivity contribution in [3.63, 3.8) is 0 Å². The number of phenolic OH excluding ortho intramolecular Hbond substituents is 1. The molecule has 140 valence electrons. The number of aromatic hydroxyl groups is 1. The van der Waals surface area contributed by atoms with Gasteiger partial charge in [0, 0.05) is 28.8 Å². The van der Waals surface area contributed by atoms with Crippen LogP contribution >= 0.6 is 11.8 Å². The predicted octanol–water partition coefficient (Wildman–Crippen LogP) is 3.64. The van der Waals surface area contributed by atoms with E-state index in [-0.39, 0.29) is 5.75 Å². The maximum atomic E-state index is 9.99. The Morgan fingerprint density at radius 3 is 2.65 bits per heavy atom. The molecular weight excluding hydrogens is 346 g/mol. The smallest absolute Gasteiger partial charge is 0.191 e. The maximum absolute atomic E-state index is 9.99. The Balaban J connectivity index is 1.94. The van der Waals surface area contributed by atoms with Gasteiger partial charge in [-0.25, -0.2) is 4.99 Å². The van der Waals surface area contributed by atoms with Gasteiger partial charge in [0.2, 0.25) is 0 Å². The fraction of sp³-hybridized carbons (Fsp3) is 0.350. The lowest BCUT2D eigenvalue weighted by Gasteiger charge is -2.16. The Labute approximate surface area is 159 Å². The van der Waals surface area contributed by atoms with Crippen molar-refractivity contribution in [2.45, 2.75) is 30.5 Å². The molecule has 0 fully saturated rings. The van der Waals surface area contributed by atoms with Crippen LogP contribution in [0.25, 0.3) is 0 Å². The highest BCUT2D eigenvalue weighted by molar-refractivity contribution is 8.00. The lowest BCUT2D eigenvalue weighted by atomic mass is 10.2. The quantitative estimate of drug-likeness (QED) is 0.375. The van der Waals surface area contributed by atoms with E-state index in [0.717, 1.165) is 24.6 Å². The van der Waals surface area contributed by atoms with Gasteiger partial charge in [-0.2, -0.15) is 0 Å². The normalized spacial score (nSPS) is 12.5. The van der Waals surface area contributed by atoms with Crippen molar-refractivity contribution in [1.29, 1.82) is 0 Å². The highest BCUT2D eigenvalue weighted by Crippen LogP contribution is 2.24. The molecule has 0 saturated carbocycles. The van der Waals surface area contributed by atoms with Gasteiger partial charge in [0.25, 0.3) is 0 Å². The Hall–Kier alpha value is -2.34. The number of methoxy groups -OCH3 is 1. The van der Waals surface area contributed by atoms with Crippen molar-refractivity contribution < 1.29 is 9.84 Å². The monoisotopic (exact) mass is 373 g/mol. The number of phenols is 1. The number of aliphatic imine (C=N–C) groups is 1. The lowest BCUT2D eigenvalue weighted by Crippen LogP contribution is -2.40. The Morgan fingerprint density at radius 1 is 1.19 bits per heavy atom. The number of thioether (sulfide) groups is 1. The highest BCUT2D eigenvalue weighted by Gasteiger charge is 2.07. The van der Waals surface area contributed by atoms with E-state index < -0.39 is 0 Å². The molecule has 0 amide bonds. The molecule has 0 radical (unpaired) electrons. The first-order valence-corrected chi connectivity index (χ1v) is 9.60. The van der Waals surface area contributed by atoms with Crippen LogP contribution in [-0.4, -0.2) is 36.5 Å². The molecule has 1 atom stereocenters. The molecule has 3 N–H and O–H groups in total. The number of nitrogens with zero attached hydrogens (tertiary/aromatic N) is 1. The zero-order valence-corrected chi connectivity index (χ0v) is 16.3. The summed E-state index contributed by atoms with van der Waals surface area (Å²) in [6.07, 6.45) is 0. The van der Waals surface area contributed by atoms with E-state index in [1.807, 2.05) is 24.8 Å². The summed E-state index contributed by atoms with van der Waals surface area (Å²) in [5.41, 5.74) is 0.730. The molecular formula is C20H27N3O2S. The molecule has 0 saturated heterocycles. The van der Waals surface area contributed by atoms with Crippen molar-refractivity contribution in [3.8, 4) is 11.5 Å². The first-order valence-electron chi connectivity index (χ1n) is 8.72. The van der Waals surface area contributed by atoms with Crippen LogP contribution < -0.4 is 15.4 Å². The summed E-state index contributed by atoms with van der Waals surface area (Å²) in [7, 11) is 1.61. The molecule has 6 heteroatoms. The van der Waals surface area contributed by atoms with E-state index in [2.05, 4.69) is 46.8 Å². The molecule has 0 aliphatic carbocycles.